The van der Waals surface area contributed by atoms with Gasteiger partial charge in [0, 0.05) is 38.6 Å². The smallest absolute Gasteiger partial charge is 0.255 e. The highest BCUT2D eigenvalue weighted by Gasteiger charge is 2.39. The van der Waals surface area contributed by atoms with E-state index in [4.69, 9.17) is 23.2 Å². The van der Waals surface area contributed by atoms with Gasteiger partial charge in [0.05, 0.1) is 11.7 Å². The number of amides is 1. The third kappa shape index (κ3) is 3.91. The van der Waals surface area contributed by atoms with Crippen molar-refractivity contribution < 1.29 is 4.79 Å². The molecule has 1 unspecified atom stereocenters. The van der Waals surface area contributed by atoms with Crippen molar-refractivity contribution in [2.75, 3.05) is 6.54 Å². The van der Waals surface area contributed by atoms with Gasteiger partial charge in [-0.3, -0.25) is 4.79 Å². The number of rotatable bonds is 5. The molecule has 0 saturated carbocycles. The number of fused-ring (bicyclic) bond motifs is 2. The zero-order valence-electron chi connectivity index (χ0n) is 18.8. The maximum Gasteiger partial charge on any atom is 0.255 e. The van der Waals surface area contributed by atoms with E-state index in [-0.39, 0.29) is 11.9 Å². The summed E-state index contributed by atoms with van der Waals surface area (Å²) in [6.07, 6.45) is 0.742. The van der Waals surface area contributed by atoms with Gasteiger partial charge in [-0.1, -0.05) is 83.9 Å². The van der Waals surface area contributed by atoms with Gasteiger partial charge in [-0.2, -0.15) is 0 Å². The fraction of sp³-hybridized carbons (Fsp3) is 0.100. The standard InChI is InChI=1S/C30H22Cl2N2O/c31-21-13-9-19(10-14-21)17-18-34-29(23-5-1-2-6-24(23)30(34)35)27-25-7-3-4-8-26(25)33-28(27)20-11-15-22(32)16-12-20/h1-16,29,33H,17-18H2. The molecule has 0 aliphatic carbocycles. The molecule has 0 fully saturated rings. The van der Waals surface area contributed by atoms with E-state index < -0.39 is 0 Å². The second-order valence-corrected chi connectivity index (χ2v) is 9.70. The van der Waals surface area contributed by atoms with Crippen LogP contribution in [0.1, 0.15) is 33.1 Å². The monoisotopic (exact) mass is 496 g/mol. The summed E-state index contributed by atoms with van der Waals surface area (Å²) in [5.41, 5.74) is 7.14. The first-order valence-electron chi connectivity index (χ1n) is 11.6. The van der Waals surface area contributed by atoms with Crippen molar-refractivity contribution in [3.05, 3.63) is 129 Å². The number of carbonyl (C=O) groups excluding carboxylic acids is 1. The van der Waals surface area contributed by atoms with Crippen LogP contribution >= 0.6 is 23.2 Å². The fourth-order valence-corrected chi connectivity index (χ4v) is 5.36. The summed E-state index contributed by atoms with van der Waals surface area (Å²) in [5, 5.41) is 2.52. The molecule has 4 aromatic carbocycles. The van der Waals surface area contributed by atoms with Crippen LogP contribution in [0.5, 0.6) is 0 Å². The van der Waals surface area contributed by atoms with Gasteiger partial charge in [-0.25, -0.2) is 0 Å². The molecule has 0 saturated heterocycles. The molecule has 5 heteroatoms. The minimum atomic E-state index is -0.201. The largest absolute Gasteiger partial charge is 0.354 e. The minimum Gasteiger partial charge on any atom is -0.354 e. The summed E-state index contributed by atoms with van der Waals surface area (Å²) in [6, 6.07) is 31.7. The molecule has 2 heterocycles. The van der Waals surface area contributed by atoms with Crippen LogP contribution in [0, 0.1) is 0 Å². The Morgan fingerprint density at radius 2 is 1.43 bits per heavy atom. The number of hydrogen-bond acceptors (Lipinski definition) is 1. The van der Waals surface area contributed by atoms with Crippen LogP contribution in [0.2, 0.25) is 10.0 Å². The average molecular weight is 497 g/mol. The van der Waals surface area contributed by atoms with Crippen molar-refractivity contribution in [2.24, 2.45) is 0 Å². The van der Waals surface area contributed by atoms with Gasteiger partial charge in [0.1, 0.15) is 0 Å². The number of carbonyl (C=O) groups is 1. The highest BCUT2D eigenvalue weighted by Crippen LogP contribution is 2.45. The normalized spacial score (nSPS) is 15.1. The molecule has 0 spiro atoms. The molecule has 0 bridgehead atoms. The van der Waals surface area contributed by atoms with Crippen LogP contribution in [-0.2, 0) is 6.42 Å². The molecular formula is C30H22Cl2N2O. The minimum absolute atomic E-state index is 0.0619. The zero-order valence-corrected chi connectivity index (χ0v) is 20.4. The van der Waals surface area contributed by atoms with E-state index in [9.17, 15) is 4.79 Å². The fourth-order valence-electron chi connectivity index (χ4n) is 5.10. The van der Waals surface area contributed by atoms with Crippen LogP contribution in [-0.4, -0.2) is 22.3 Å². The van der Waals surface area contributed by atoms with Gasteiger partial charge in [0.2, 0.25) is 0 Å². The summed E-state index contributed by atoms with van der Waals surface area (Å²) in [5.74, 6) is 0.0619. The molecule has 1 atom stereocenters. The second-order valence-electron chi connectivity index (χ2n) is 8.83. The molecule has 0 radical (unpaired) electrons. The van der Waals surface area contributed by atoms with Crippen LogP contribution in [0.3, 0.4) is 0 Å². The average Bonchev–Trinajstić information content (AvgIpc) is 3.39. The number of halogens is 2. The Balaban J connectivity index is 1.51. The van der Waals surface area contributed by atoms with E-state index in [1.54, 1.807) is 0 Å². The van der Waals surface area contributed by atoms with Gasteiger partial charge < -0.3 is 9.88 Å². The summed E-state index contributed by atoms with van der Waals surface area (Å²) in [6.45, 7) is 0.597. The van der Waals surface area contributed by atoms with Crippen molar-refractivity contribution in [3.63, 3.8) is 0 Å². The van der Waals surface area contributed by atoms with E-state index >= 15 is 0 Å². The van der Waals surface area contributed by atoms with Crippen molar-refractivity contribution in [1.82, 2.24) is 9.88 Å². The lowest BCUT2D eigenvalue weighted by molar-refractivity contribution is 0.0753. The number of aromatic amines is 1. The zero-order chi connectivity index (χ0) is 23.9. The SMILES string of the molecule is O=C1c2ccccc2C(c2c(-c3ccc(Cl)cc3)[nH]c3ccccc23)N1CCc1ccc(Cl)cc1. The Hall–Kier alpha value is -3.53. The molecule has 1 N–H and O–H groups in total. The molecule has 1 amide bonds. The molecule has 6 rings (SSSR count). The van der Waals surface area contributed by atoms with Crippen LogP contribution in [0.15, 0.2) is 97.1 Å². The molecule has 172 valence electrons. The topological polar surface area (TPSA) is 36.1 Å². The lowest BCUT2D eigenvalue weighted by atomic mass is 9.93. The van der Waals surface area contributed by atoms with E-state index in [0.717, 1.165) is 50.8 Å². The first-order valence-corrected chi connectivity index (χ1v) is 12.4. The lowest BCUT2D eigenvalue weighted by Crippen LogP contribution is -2.31. The summed E-state index contributed by atoms with van der Waals surface area (Å²) >= 11 is 12.3. The van der Waals surface area contributed by atoms with E-state index in [1.807, 2.05) is 83.8 Å². The number of nitrogens with one attached hydrogen (secondary N) is 1. The number of H-pyrrole nitrogens is 1. The maximum atomic E-state index is 13.7. The van der Waals surface area contributed by atoms with Crippen LogP contribution < -0.4 is 0 Å². The quantitative estimate of drug-likeness (QED) is 0.263. The van der Waals surface area contributed by atoms with Crippen molar-refractivity contribution >= 4 is 40.0 Å². The Morgan fingerprint density at radius 3 is 2.20 bits per heavy atom. The van der Waals surface area contributed by atoms with Crippen LogP contribution in [0.4, 0.5) is 0 Å². The predicted molar refractivity (Wildman–Crippen MR) is 143 cm³/mol. The number of hydrogen-bond donors (Lipinski definition) is 1. The Bertz CT molecular complexity index is 1540. The predicted octanol–water partition coefficient (Wildman–Crippen LogP) is 7.93. The first-order chi connectivity index (χ1) is 17.1. The number of benzene rings is 4. The van der Waals surface area contributed by atoms with E-state index in [1.165, 1.54) is 0 Å². The highest BCUT2D eigenvalue weighted by molar-refractivity contribution is 6.30. The number of para-hydroxylation sites is 1. The lowest BCUT2D eigenvalue weighted by Gasteiger charge is -2.27. The van der Waals surface area contributed by atoms with Gasteiger partial charge in [-0.05, 0) is 59.5 Å². The van der Waals surface area contributed by atoms with Gasteiger partial charge in [0.15, 0.2) is 0 Å². The molecule has 5 aromatic rings. The van der Waals surface area contributed by atoms with Crippen molar-refractivity contribution in [3.8, 4) is 11.3 Å². The first kappa shape index (κ1) is 22.0. The molecule has 1 aliphatic rings. The number of nitrogens with zero attached hydrogens (tertiary/aromatic N) is 1. The number of aromatic nitrogens is 1. The third-order valence-corrected chi connectivity index (χ3v) is 7.27. The molecular weight excluding hydrogens is 475 g/mol. The van der Waals surface area contributed by atoms with Gasteiger partial charge in [0.25, 0.3) is 5.91 Å². The van der Waals surface area contributed by atoms with E-state index in [0.29, 0.717) is 16.6 Å². The molecule has 35 heavy (non-hydrogen) atoms. The summed E-state index contributed by atoms with van der Waals surface area (Å²) in [7, 11) is 0. The van der Waals surface area contributed by atoms with Crippen molar-refractivity contribution in [1.29, 1.82) is 0 Å². The molecule has 3 nitrogen and oxygen atoms in total. The van der Waals surface area contributed by atoms with Gasteiger partial charge in [-0.15, -0.1) is 0 Å². The van der Waals surface area contributed by atoms with Crippen molar-refractivity contribution in [2.45, 2.75) is 12.5 Å². The Kier molecular flexibility index (Phi) is 5.60. The Morgan fingerprint density at radius 1 is 0.771 bits per heavy atom. The van der Waals surface area contributed by atoms with Crippen LogP contribution in [0.25, 0.3) is 22.2 Å². The molecule has 1 aliphatic heterocycles. The third-order valence-electron chi connectivity index (χ3n) is 6.77. The summed E-state index contributed by atoms with van der Waals surface area (Å²) < 4.78 is 0. The highest BCUT2D eigenvalue weighted by atomic mass is 35.5. The summed E-state index contributed by atoms with van der Waals surface area (Å²) in [4.78, 5) is 19.3. The second kappa shape index (κ2) is 8.92. The van der Waals surface area contributed by atoms with Gasteiger partial charge >= 0.3 is 0 Å². The molecule has 1 aromatic heterocycles. The van der Waals surface area contributed by atoms with E-state index in [2.05, 4.69) is 23.2 Å². The maximum absolute atomic E-state index is 13.7. The Labute approximate surface area is 213 Å².